The molecule has 0 N–H and O–H groups in total. The summed E-state index contributed by atoms with van der Waals surface area (Å²) < 4.78 is 5.10. The molecule has 0 fully saturated rings. The van der Waals surface area contributed by atoms with Gasteiger partial charge in [-0.3, -0.25) is 10.1 Å². The van der Waals surface area contributed by atoms with Crippen LogP contribution in [0.5, 0.6) is 5.75 Å². The lowest BCUT2D eigenvalue weighted by Crippen LogP contribution is -1.92. The summed E-state index contributed by atoms with van der Waals surface area (Å²) in [5.41, 5.74) is 1.18. The highest BCUT2D eigenvalue weighted by Crippen LogP contribution is 2.29. The molecule has 5 nitrogen and oxygen atoms in total. The van der Waals surface area contributed by atoms with Gasteiger partial charge >= 0.3 is 5.69 Å². The third kappa shape index (κ3) is 2.41. The zero-order valence-electron chi connectivity index (χ0n) is 9.46. The van der Waals surface area contributed by atoms with Gasteiger partial charge in [-0.15, -0.1) is 0 Å². The molecule has 0 aliphatic carbocycles. The monoisotopic (exact) mass is 264 g/mol. The maximum atomic E-state index is 10.8. The van der Waals surface area contributed by atoms with Gasteiger partial charge in [0, 0.05) is 17.8 Å². The van der Waals surface area contributed by atoms with Crippen molar-refractivity contribution in [1.82, 2.24) is 4.98 Å². The van der Waals surface area contributed by atoms with Gasteiger partial charge in [-0.1, -0.05) is 23.7 Å². The summed E-state index contributed by atoms with van der Waals surface area (Å²) in [6.45, 7) is 0. The maximum absolute atomic E-state index is 10.8. The van der Waals surface area contributed by atoms with E-state index in [9.17, 15) is 10.1 Å². The Morgan fingerprint density at radius 2 is 2.11 bits per heavy atom. The van der Waals surface area contributed by atoms with Gasteiger partial charge in [0.05, 0.1) is 12.0 Å². The quantitative estimate of drug-likeness (QED) is 0.485. The molecule has 0 atom stereocenters. The van der Waals surface area contributed by atoms with Crippen molar-refractivity contribution in [2.75, 3.05) is 7.11 Å². The first kappa shape index (κ1) is 12.3. The van der Waals surface area contributed by atoms with Crippen molar-refractivity contribution >= 4 is 17.3 Å². The Bertz CT molecular complexity index is 602. The number of benzene rings is 1. The topological polar surface area (TPSA) is 65.3 Å². The Morgan fingerprint density at radius 3 is 2.78 bits per heavy atom. The van der Waals surface area contributed by atoms with E-state index in [4.69, 9.17) is 16.3 Å². The molecule has 2 rings (SSSR count). The van der Waals surface area contributed by atoms with Crippen LogP contribution in [0.25, 0.3) is 11.1 Å². The number of halogens is 1. The van der Waals surface area contributed by atoms with E-state index in [0.29, 0.717) is 11.3 Å². The van der Waals surface area contributed by atoms with E-state index >= 15 is 0 Å². The predicted molar refractivity (Wildman–Crippen MR) is 67.9 cm³/mol. The van der Waals surface area contributed by atoms with Crippen LogP contribution in [0.3, 0.4) is 0 Å². The van der Waals surface area contributed by atoms with Crippen molar-refractivity contribution in [2.45, 2.75) is 0 Å². The maximum Gasteiger partial charge on any atom is 0.307 e. The molecule has 1 aromatic carbocycles. The molecule has 0 saturated heterocycles. The minimum Gasteiger partial charge on any atom is -0.497 e. The van der Waals surface area contributed by atoms with Gasteiger partial charge in [-0.05, 0) is 17.7 Å². The van der Waals surface area contributed by atoms with E-state index in [-0.39, 0.29) is 10.8 Å². The first-order chi connectivity index (χ1) is 8.61. The van der Waals surface area contributed by atoms with Crippen molar-refractivity contribution in [1.29, 1.82) is 0 Å². The SMILES string of the molecule is COc1cccc(-c2cnc(Cl)c([N+](=O)[O-])c2)c1. The fraction of sp³-hybridized carbons (Fsp3) is 0.0833. The molecular weight excluding hydrogens is 256 g/mol. The standard InChI is InChI=1S/C12H9ClN2O3/c1-18-10-4-2-3-8(5-10)9-6-11(15(16)17)12(13)14-7-9/h2-7H,1H3. The summed E-state index contributed by atoms with van der Waals surface area (Å²) >= 11 is 5.66. The number of ether oxygens (including phenoxy) is 1. The summed E-state index contributed by atoms with van der Waals surface area (Å²) in [6, 6.07) is 8.58. The molecule has 0 aliphatic heterocycles. The van der Waals surface area contributed by atoms with Gasteiger partial charge in [0.25, 0.3) is 0 Å². The third-order valence-corrected chi connectivity index (χ3v) is 2.71. The Morgan fingerprint density at radius 1 is 1.33 bits per heavy atom. The summed E-state index contributed by atoms with van der Waals surface area (Å²) in [5, 5.41) is 10.7. The molecular formula is C12H9ClN2O3. The van der Waals surface area contributed by atoms with Crippen LogP contribution < -0.4 is 4.74 Å². The molecule has 6 heteroatoms. The number of nitrogens with zero attached hydrogens (tertiary/aromatic N) is 2. The zero-order chi connectivity index (χ0) is 13.1. The molecule has 2 aromatic rings. The highest BCUT2D eigenvalue weighted by molar-refractivity contribution is 6.31. The smallest absolute Gasteiger partial charge is 0.307 e. The average Bonchev–Trinajstić information content (AvgIpc) is 2.39. The molecule has 0 amide bonds. The van der Waals surface area contributed by atoms with Crippen molar-refractivity contribution in [3.05, 3.63) is 51.8 Å². The van der Waals surface area contributed by atoms with E-state index < -0.39 is 4.92 Å². The lowest BCUT2D eigenvalue weighted by atomic mass is 10.1. The van der Waals surface area contributed by atoms with E-state index in [1.54, 1.807) is 25.3 Å². The van der Waals surface area contributed by atoms with Gasteiger partial charge in [0.1, 0.15) is 5.75 Å². The van der Waals surface area contributed by atoms with E-state index in [2.05, 4.69) is 4.98 Å². The van der Waals surface area contributed by atoms with Crippen LogP contribution in [0.15, 0.2) is 36.5 Å². The molecule has 0 radical (unpaired) electrons. The van der Waals surface area contributed by atoms with Crippen LogP contribution in [0.2, 0.25) is 5.15 Å². The second-order valence-electron chi connectivity index (χ2n) is 3.52. The number of methoxy groups -OCH3 is 1. The Hall–Kier alpha value is -2.14. The van der Waals surface area contributed by atoms with Crippen LogP contribution in [0.4, 0.5) is 5.69 Å². The van der Waals surface area contributed by atoms with Crippen LogP contribution in [0, 0.1) is 10.1 Å². The number of hydrogen-bond donors (Lipinski definition) is 0. The fourth-order valence-electron chi connectivity index (χ4n) is 1.52. The van der Waals surface area contributed by atoms with Crippen molar-refractivity contribution in [3.63, 3.8) is 0 Å². The van der Waals surface area contributed by atoms with Gasteiger partial charge in [0.15, 0.2) is 0 Å². The molecule has 0 saturated carbocycles. The summed E-state index contributed by atoms with van der Waals surface area (Å²) in [6.07, 6.45) is 1.49. The minimum absolute atomic E-state index is 0.119. The Balaban J connectivity index is 2.50. The average molecular weight is 265 g/mol. The summed E-state index contributed by atoms with van der Waals surface area (Å²) in [4.78, 5) is 14.0. The lowest BCUT2D eigenvalue weighted by molar-refractivity contribution is -0.385. The Kier molecular flexibility index (Phi) is 3.43. The first-order valence-corrected chi connectivity index (χ1v) is 5.44. The minimum atomic E-state index is -0.557. The normalized spacial score (nSPS) is 10.1. The number of aromatic nitrogens is 1. The van der Waals surface area contributed by atoms with Crippen LogP contribution in [-0.2, 0) is 0 Å². The second-order valence-corrected chi connectivity index (χ2v) is 3.88. The molecule has 1 aromatic heterocycles. The van der Waals surface area contributed by atoms with Crippen molar-refractivity contribution in [2.24, 2.45) is 0 Å². The first-order valence-electron chi connectivity index (χ1n) is 5.06. The number of rotatable bonds is 3. The van der Waals surface area contributed by atoms with E-state index in [1.165, 1.54) is 12.3 Å². The van der Waals surface area contributed by atoms with Crippen molar-refractivity contribution in [3.8, 4) is 16.9 Å². The number of pyridine rings is 1. The Labute approximate surface area is 108 Å². The van der Waals surface area contributed by atoms with Crippen molar-refractivity contribution < 1.29 is 9.66 Å². The lowest BCUT2D eigenvalue weighted by Gasteiger charge is -2.04. The molecule has 1 heterocycles. The number of nitro groups is 1. The van der Waals surface area contributed by atoms with Gasteiger partial charge in [-0.2, -0.15) is 0 Å². The largest absolute Gasteiger partial charge is 0.497 e. The molecule has 0 bridgehead atoms. The zero-order valence-corrected chi connectivity index (χ0v) is 10.2. The molecule has 92 valence electrons. The summed E-state index contributed by atoms with van der Waals surface area (Å²) in [7, 11) is 1.56. The molecule has 0 unspecified atom stereocenters. The highest BCUT2D eigenvalue weighted by Gasteiger charge is 2.15. The van der Waals surface area contributed by atoms with E-state index in [0.717, 1.165) is 5.56 Å². The van der Waals surface area contributed by atoms with Crippen LogP contribution in [0.1, 0.15) is 0 Å². The van der Waals surface area contributed by atoms with Crippen LogP contribution in [-0.4, -0.2) is 17.0 Å². The highest BCUT2D eigenvalue weighted by atomic mass is 35.5. The van der Waals surface area contributed by atoms with Gasteiger partial charge in [-0.25, -0.2) is 4.98 Å². The van der Waals surface area contributed by atoms with Gasteiger partial charge < -0.3 is 4.74 Å². The van der Waals surface area contributed by atoms with Gasteiger partial charge in [0.2, 0.25) is 5.15 Å². The third-order valence-electron chi connectivity index (χ3n) is 2.42. The second kappa shape index (κ2) is 5.01. The molecule has 0 aliphatic rings. The predicted octanol–water partition coefficient (Wildman–Crippen LogP) is 3.32. The fourth-order valence-corrected chi connectivity index (χ4v) is 1.70. The molecule has 0 spiro atoms. The van der Waals surface area contributed by atoms with E-state index in [1.807, 2.05) is 6.07 Å². The molecule has 18 heavy (non-hydrogen) atoms. The summed E-state index contributed by atoms with van der Waals surface area (Å²) in [5.74, 6) is 0.671. The van der Waals surface area contributed by atoms with Crippen LogP contribution >= 0.6 is 11.6 Å². The number of hydrogen-bond acceptors (Lipinski definition) is 4.